The van der Waals surface area contributed by atoms with Crippen molar-refractivity contribution in [2.75, 3.05) is 30.4 Å². The third kappa shape index (κ3) is 3.64. The number of rotatable bonds is 4. The van der Waals surface area contributed by atoms with Gasteiger partial charge in [0.25, 0.3) is 0 Å². The van der Waals surface area contributed by atoms with E-state index in [4.69, 9.17) is 0 Å². The third-order valence-corrected chi connectivity index (χ3v) is 4.17. The lowest BCUT2D eigenvalue weighted by Gasteiger charge is -2.28. The van der Waals surface area contributed by atoms with Crippen molar-refractivity contribution in [3.63, 3.8) is 0 Å². The molecule has 2 aromatic heterocycles. The minimum absolute atomic E-state index is 0.776. The Hall–Kier alpha value is -2.63. The second-order valence-corrected chi connectivity index (χ2v) is 5.92. The number of aromatic nitrogens is 3. The first-order chi connectivity index (χ1) is 11.7. The van der Waals surface area contributed by atoms with Gasteiger partial charge in [0.15, 0.2) is 0 Å². The minimum Gasteiger partial charge on any atom is -0.356 e. The molecule has 1 aliphatic heterocycles. The molecule has 0 aliphatic carbocycles. The summed E-state index contributed by atoms with van der Waals surface area (Å²) in [6.45, 7) is 7.85. The molecule has 24 heavy (non-hydrogen) atoms. The van der Waals surface area contributed by atoms with Crippen molar-refractivity contribution in [3.05, 3.63) is 42.3 Å². The SMILES string of the molecule is C=Cn1ccc(Nc2cc(N3CCCCC3)nc(C)n2)cc1=NC. The van der Waals surface area contributed by atoms with E-state index >= 15 is 0 Å². The average Bonchev–Trinajstić information content (AvgIpc) is 2.62. The highest BCUT2D eigenvalue weighted by atomic mass is 15.2. The van der Waals surface area contributed by atoms with Gasteiger partial charge in [0.1, 0.15) is 22.9 Å². The summed E-state index contributed by atoms with van der Waals surface area (Å²) in [5.41, 5.74) is 1.77. The standard InChI is InChI=1S/C18H24N6/c1-4-23-11-8-15(12-17(23)19-3)22-16-13-18(21-14(2)20-16)24-9-6-5-7-10-24/h4,8,11-13H,1,5-7,9-10H2,2-3H3,(H,20,21,22). The monoisotopic (exact) mass is 324 g/mol. The Labute approximate surface area is 142 Å². The highest BCUT2D eigenvalue weighted by molar-refractivity contribution is 5.59. The first-order valence-electron chi connectivity index (χ1n) is 8.35. The molecule has 0 saturated carbocycles. The Balaban J connectivity index is 1.87. The lowest BCUT2D eigenvalue weighted by Crippen LogP contribution is -2.30. The van der Waals surface area contributed by atoms with Crippen LogP contribution in [0.2, 0.25) is 0 Å². The lowest BCUT2D eigenvalue weighted by atomic mass is 10.1. The molecule has 0 aromatic carbocycles. The van der Waals surface area contributed by atoms with Gasteiger partial charge in [-0.25, -0.2) is 9.97 Å². The van der Waals surface area contributed by atoms with E-state index in [9.17, 15) is 0 Å². The van der Waals surface area contributed by atoms with Crippen molar-refractivity contribution in [1.82, 2.24) is 14.5 Å². The highest BCUT2D eigenvalue weighted by Crippen LogP contribution is 2.22. The predicted molar refractivity (Wildman–Crippen MR) is 98.4 cm³/mol. The zero-order valence-electron chi connectivity index (χ0n) is 14.4. The molecule has 0 unspecified atom stereocenters. The van der Waals surface area contributed by atoms with Gasteiger partial charge < -0.3 is 14.8 Å². The molecule has 3 heterocycles. The van der Waals surface area contributed by atoms with Crippen LogP contribution in [0.1, 0.15) is 25.1 Å². The Kier molecular flexibility index (Phi) is 4.93. The number of nitrogens with one attached hydrogen (secondary N) is 1. The summed E-state index contributed by atoms with van der Waals surface area (Å²) in [7, 11) is 1.77. The van der Waals surface area contributed by atoms with Crippen molar-refractivity contribution < 1.29 is 0 Å². The van der Waals surface area contributed by atoms with Crippen LogP contribution in [0.4, 0.5) is 17.3 Å². The van der Waals surface area contributed by atoms with Gasteiger partial charge in [0.05, 0.1) is 0 Å². The molecular formula is C18H24N6. The summed E-state index contributed by atoms with van der Waals surface area (Å²) in [4.78, 5) is 15.7. The second kappa shape index (κ2) is 7.29. The van der Waals surface area contributed by atoms with E-state index in [0.717, 1.165) is 41.7 Å². The van der Waals surface area contributed by atoms with Gasteiger partial charge in [-0.15, -0.1) is 0 Å². The summed E-state index contributed by atoms with van der Waals surface area (Å²) in [5.74, 6) is 2.58. The molecule has 2 aromatic rings. The number of hydrogen-bond acceptors (Lipinski definition) is 5. The number of piperidine rings is 1. The van der Waals surface area contributed by atoms with Gasteiger partial charge in [0.2, 0.25) is 0 Å². The van der Waals surface area contributed by atoms with E-state index in [1.807, 2.05) is 35.9 Å². The molecule has 1 aliphatic rings. The molecular weight excluding hydrogens is 300 g/mol. The fourth-order valence-electron chi connectivity index (χ4n) is 2.96. The Morgan fingerprint density at radius 1 is 1.21 bits per heavy atom. The molecule has 0 atom stereocenters. The van der Waals surface area contributed by atoms with Crippen LogP contribution >= 0.6 is 0 Å². The van der Waals surface area contributed by atoms with E-state index in [1.54, 1.807) is 13.2 Å². The van der Waals surface area contributed by atoms with Crippen molar-refractivity contribution in [2.45, 2.75) is 26.2 Å². The number of pyridine rings is 1. The lowest BCUT2D eigenvalue weighted by molar-refractivity contribution is 0.572. The molecule has 0 spiro atoms. The first kappa shape index (κ1) is 16.2. The van der Waals surface area contributed by atoms with Gasteiger partial charge in [-0.2, -0.15) is 0 Å². The van der Waals surface area contributed by atoms with Gasteiger partial charge in [0, 0.05) is 50.4 Å². The normalized spacial score (nSPS) is 15.4. The minimum atomic E-state index is 0.776. The van der Waals surface area contributed by atoms with Crippen LogP contribution in [-0.2, 0) is 0 Å². The van der Waals surface area contributed by atoms with Crippen LogP contribution in [0.25, 0.3) is 6.20 Å². The maximum atomic E-state index is 4.60. The maximum absolute atomic E-state index is 4.60. The van der Waals surface area contributed by atoms with Crippen molar-refractivity contribution in [2.24, 2.45) is 4.99 Å². The van der Waals surface area contributed by atoms with Crippen LogP contribution in [-0.4, -0.2) is 34.7 Å². The zero-order valence-corrected chi connectivity index (χ0v) is 14.4. The number of hydrogen-bond donors (Lipinski definition) is 1. The largest absolute Gasteiger partial charge is 0.356 e. The fourth-order valence-corrected chi connectivity index (χ4v) is 2.96. The Morgan fingerprint density at radius 3 is 2.71 bits per heavy atom. The van der Waals surface area contributed by atoms with E-state index < -0.39 is 0 Å². The fraction of sp³-hybridized carbons (Fsp3) is 0.389. The van der Waals surface area contributed by atoms with Crippen molar-refractivity contribution in [1.29, 1.82) is 0 Å². The van der Waals surface area contributed by atoms with Crippen molar-refractivity contribution in [3.8, 4) is 0 Å². The van der Waals surface area contributed by atoms with Gasteiger partial charge in [-0.3, -0.25) is 4.99 Å². The molecule has 6 nitrogen and oxygen atoms in total. The molecule has 3 rings (SSSR count). The topological polar surface area (TPSA) is 58.3 Å². The number of nitrogens with zero attached hydrogens (tertiary/aromatic N) is 5. The zero-order chi connectivity index (χ0) is 16.9. The quantitative estimate of drug-likeness (QED) is 0.939. The molecule has 0 bridgehead atoms. The molecule has 0 radical (unpaired) electrons. The van der Waals surface area contributed by atoms with Crippen LogP contribution < -0.4 is 15.7 Å². The summed E-state index contributed by atoms with van der Waals surface area (Å²) < 4.78 is 1.87. The van der Waals surface area contributed by atoms with Crippen LogP contribution in [0.3, 0.4) is 0 Å². The number of aryl methyl sites for hydroxylation is 1. The maximum Gasteiger partial charge on any atom is 0.136 e. The number of anilines is 3. The molecule has 126 valence electrons. The van der Waals surface area contributed by atoms with Crippen LogP contribution in [0, 0.1) is 6.92 Å². The highest BCUT2D eigenvalue weighted by Gasteiger charge is 2.14. The molecule has 1 N–H and O–H groups in total. The van der Waals surface area contributed by atoms with E-state index in [-0.39, 0.29) is 0 Å². The van der Waals surface area contributed by atoms with Crippen LogP contribution in [0.5, 0.6) is 0 Å². The van der Waals surface area contributed by atoms with Gasteiger partial charge >= 0.3 is 0 Å². The molecule has 6 heteroatoms. The smallest absolute Gasteiger partial charge is 0.136 e. The van der Waals surface area contributed by atoms with E-state index in [1.165, 1.54) is 19.3 Å². The summed E-state index contributed by atoms with van der Waals surface area (Å²) in [6, 6.07) is 5.98. The van der Waals surface area contributed by atoms with Gasteiger partial charge in [-0.05, 0) is 32.3 Å². The summed E-state index contributed by atoms with van der Waals surface area (Å²) in [6.07, 6.45) is 7.43. The summed E-state index contributed by atoms with van der Waals surface area (Å²) in [5, 5.41) is 3.36. The average molecular weight is 324 g/mol. The molecule has 0 amide bonds. The molecule has 1 saturated heterocycles. The predicted octanol–water partition coefficient (Wildman–Crippen LogP) is 2.95. The Morgan fingerprint density at radius 2 is 2.00 bits per heavy atom. The second-order valence-electron chi connectivity index (χ2n) is 5.92. The third-order valence-electron chi connectivity index (χ3n) is 4.17. The van der Waals surface area contributed by atoms with E-state index in [2.05, 4.69) is 31.8 Å². The van der Waals surface area contributed by atoms with Gasteiger partial charge in [-0.1, -0.05) is 6.58 Å². The van der Waals surface area contributed by atoms with E-state index in [0.29, 0.717) is 0 Å². The van der Waals surface area contributed by atoms with Crippen LogP contribution in [0.15, 0.2) is 36.0 Å². The Bertz CT molecular complexity index is 786. The first-order valence-corrected chi connectivity index (χ1v) is 8.35. The molecule has 1 fully saturated rings. The summed E-state index contributed by atoms with van der Waals surface area (Å²) >= 11 is 0. The van der Waals surface area contributed by atoms with Crippen molar-refractivity contribution >= 4 is 23.5 Å².